The van der Waals surface area contributed by atoms with Crippen molar-refractivity contribution in [3.05, 3.63) is 29.8 Å². The molecule has 0 spiro atoms. The Kier molecular flexibility index (Phi) is 17.9. The van der Waals surface area contributed by atoms with Crippen LogP contribution in [0.2, 0.25) is 0 Å². The van der Waals surface area contributed by atoms with E-state index in [9.17, 15) is 13.2 Å². The van der Waals surface area contributed by atoms with Gasteiger partial charge in [-0.05, 0) is 59.2 Å². The SMILES string of the molecule is CC(C)(C)OC(=O)CCNCCNCCNCCCCCCO.Cc1ccc(S(=O)(=O)O)cc1. The topological polar surface area (TPSA) is 137 Å². The van der Waals surface area contributed by atoms with Gasteiger partial charge in [-0.1, -0.05) is 30.5 Å². The third-order valence-corrected chi connectivity index (χ3v) is 5.33. The Hall–Kier alpha value is -1.56. The Labute approximate surface area is 205 Å². The van der Waals surface area contributed by atoms with Gasteiger partial charge in [0.25, 0.3) is 10.1 Å². The molecule has 0 bridgehead atoms. The van der Waals surface area contributed by atoms with Crippen molar-refractivity contribution in [2.45, 2.75) is 70.3 Å². The third-order valence-electron chi connectivity index (χ3n) is 4.46. The first-order valence-electron chi connectivity index (χ1n) is 11.9. The monoisotopic (exact) mass is 503 g/mol. The lowest BCUT2D eigenvalue weighted by atomic mass is 10.2. The first-order chi connectivity index (χ1) is 16.0. The molecule has 9 nitrogen and oxygen atoms in total. The molecule has 0 aliphatic heterocycles. The normalized spacial score (nSPS) is 11.6. The van der Waals surface area contributed by atoms with Crippen molar-refractivity contribution in [3.8, 4) is 0 Å². The number of hydrogen-bond donors (Lipinski definition) is 5. The van der Waals surface area contributed by atoms with Gasteiger partial charge in [-0.15, -0.1) is 0 Å². The number of aliphatic hydroxyl groups excluding tert-OH is 1. The predicted octanol–water partition coefficient (Wildman–Crippen LogP) is 2.28. The second-order valence-electron chi connectivity index (χ2n) is 9.01. The molecule has 0 saturated carbocycles. The van der Waals surface area contributed by atoms with Crippen molar-refractivity contribution in [3.63, 3.8) is 0 Å². The summed E-state index contributed by atoms with van der Waals surface area (Å²) in [5.74, 6) is -0.152. The van der Waals surface area contributed by atoms with Gasteiger partial charge in [0.05, 0.1) is 11.3 Å². The summed E-state index contributed by atoms with van der Waals surface area (Å²) in [7, 11) is -4.02. The number of unbranched alkanes of at least 4 members (excludes halogenated alkanes) is 3. The second-order valence-corrected chi connectivity index (χ2v) is 10.4. The van der Waals surface area contributed by atoms with Gasteiger partial charge >= 0.3 is 5.97 Å². The largest absolute Gasteiger partial charge is 0.460 e. The van der Waals surface area contributed by atoms with Crippen molar-refractivity contribution in [1.29, 1.82) is 0 Å². The number of carbonyl (C=O) groups is 1. The minimum atomic E-state index is -4.02. The van der Waals surface area contributed by atoms with E-state index in [1.54, 1.807) is 12.1 Å². The third kappa shape index (κ3) is 21.0. The molecule has 1 aromatic rings. The zero-order chi connectivity index (χ0) is 25.9. The molecular weight excluding hydrogens is 458 g/mol. The molecule has 0 amide bonds. The lowest BCUT2D eigenvalue weighted by Crippen LogP contribution is -2.34. The molecule has 0 unspecified atom stereocenters. The zero-order valence-electron chi connectivity index (χ0n) is 21.2. The number of esters is 1. The zero-order valence-corrected chi connectivity index (χ0v) is 22.0. The summed E-state index contributed by atoms with van der Waals surface area (Å²) in [4.78, 5) is 11.4. The van der Waals surface area contributed by atoms with Crippen molar-refractivity contribution < 1.29 is 27.6 Å². The standard InChI is InChI=1S/C17H37N3O3.C7H8O3S/c1-17(2,3)23-16(22)8-10-19-12-14-20-13-11-18-9-6-4-5-7-15-21;1-6-2-4-7(5-3-6)11(8,9)10/h18-21H,4-15H2,1-3H3;2-5H,1H3,(H,8,9,10). The molecule has 1 rings (SSSR count). The lowest BCUT2D eigenvalue weighted by molar-refractivity contribution is -0.154. The molecular formula is C24H45N3O6S. The van der Waals surface area contributed by atoms with Gasteiger partial charge in [0, 0.05) is 39.3 Å². The number of benzene rings is 1. The molecule has 34 heavy (non-hydrogen) atoms. The average Bonchev–Trinajstić information content (AvgIpc) is 2.73. The van der Waals surface area contributed by atoms with E-state index in [4.69, 9.17) is 14.4 Å². The maximum atomic E-state index is 11.5. The second kappa shape index (κ2) is 18.7. The van der Waals surface area contributed by atoms with Crippen molar-refractivity contribution >= 4 is 16.1 Å². The molecule has 198 valence electrons. The molecule has 0 saturated heterocycles. The molecule has 1 aromatic carbocycles. The lowest BCUT2D eigenvalue weighted by Gasteiger charge is -2.19. The van der Waals surface area contributed by atoms with E-state index < -0.39 is 15.7 Å². The summed E-state index contributed by atoms with van der Waals surface area (Å²) in [6, 6.07) is 5.99. The fraction of sp³-hybridized carbons (Fsp3) is 0.708. The summed E-state index contributed by atoms with van der Waals surface area (Å²) in [6.45, 7) is 13.2. The van der Waals surface area contributed by atoms with E-state index in [0.29, 0.717) is 19.6 Å². The van der Waals surface area contributed by atoms with Crippen molar-refractivity contribution in [1.82, 2.24) is 16.0 Å². The summed E-state index contributed by atoms with van der Waals surface area (Å²) >= 11 is 0. The highest BCUT2D eigenvalue weighted by atomic mass is 32.2. The van der Waals surface area contributed by atoms with Crippen LogP contribution in [0.5, 0.6) is 0 Å². The summed E-state index contributed by atoms with van der Waals surface area (Å²) in [5.41, 5.74) is 0.558. The Bertz CT molecular complexity index is 749. The number of carbonyl (C=O) groups excluding carboxylic acids is 1. The highest BCUT2D eigenvalue weighted by Gasteiger charge is 2.15. The molecule has 5 N–H and O–H groups in total. The number of nitrogens with one attached hydrogen (secondary N) is 3. The maximum Gasteiger partial charge on any atom is 0.307 e. The van der Waals surface area contributed by atoms with Crippen LogP contribution in [0.15, 0.2) is 29.2 Å². The predicted molar refractivity (Wildman–Crippen MR) is 136 cm³/mol. The fourth-order valence-corrected chi connectivity index (χ4v) is 3.22. The van der Waals surface area contributed by atoms with Gasteiger partial charge in [-0.3, -0.25) is 9.35 Å². The number of hydrogen-bond acceptors (Lipinski definition) is 8. The number of aliphatic hydroxyl groups is 1. The van der Waals surface area contributed by atoms with Gasteiger partial charge in [0.2, 0.25) is 0 Å². The number of rotatable bonds is 16. The van der Waals surface area contributed by atoms with E-state index in [1.165, 1.54) is 25.0 Å². The van der Waals surface area contributed by atoms with E-state index in [0.717, 1.165) is 51.1 Å². The van der Waals surface area contributed by atoms with Gasteiger partial charge in [-0.25, -0.2) is 0 Å². The fourth-order valence-electron chi connectivity index (χ4n) is 2.74. The van der Waals surface area contributed by atoms with E-state index in [-0.39, 0.29) is 10.9 Å². The average molecular weight is 504 g/mol. The van der Waals surface area contributed by atoms with Gasteiger partial charge in [0.1, 0.15) is 5.60 Å². The van der Waals surface area contributed by atoms with Crippen LogP contribution < -0.4 is 16.0 Å². The van der Waals surface area contributed by atoms with Crippen LogP contribution >= 0.6 is 0 Å². The Balaban J connectivity index is 0.000000818. The quantitative estimate of drug-likeness (QED) is 0.131. The smallest absolute Gasteiger partial charge is 0.307 e. The van der Waals surface area contributed by atoms with Gasteiger partial charge < -0.3 is 25.8 Å². The van der Waals surface area contributed by atoms with E-state index in [2.05, 4.69) is 16.0 Å². The number of aryl methyl sites for hydroxylation is 1. The summed E-state index contributed by atoms with van der Waals surface area (Å²) < 4.78 is 34.8. The Morgan fingerprint density at radius 1 is 0.853 bits per heavy atom. The van der Waals surface area contributed by atoms with Gasteiger partial charge in [0.15, 0.2) is 0 Å². The highest BCUT2D eigenvalue weighted by Crippen LogP contribution is 2.09. The number of ether oxygens (including phenoxy) is 1. The molecule has 0 atom stereocenters. The van der Waals surface area contributed by atoms with E-state index in [1.807, 2.05) is 27.7 Å². The van der Waals surface area contributed by atoms with Crippen LogP contribution in [0.3, 0.4) is 0 Å². The van der Waals surface area contributed by atoms with Crippen LogP contribution in [0.25, 0.3) is 0 Å². The van der Waals surface area contributed by atoms with E-state index >= 15 is 0 Å². The van der Waals surface area contributed by atoms with Crippen LogP contribution in [0.1, 0.15) is 58.4 Å². The molecule has 0 aliphatic carbocycles. The van der Waals surface area contributed by atoms with Crippen molar-refractivity contribution in [2.24, 2.45) is 0 Å². The minimum Gasteiger partial charge on any atom is -0.460 e. The molecule has 0 aliphatic rings. The van der Waals surface area contributed by atoms with Crippen molar-refractivity contribution in [2.75, 3.05) is 45.9 Å². The molecule has 10 heteroatoms. The minimum absolute atomic E-state index is 0.0666. The summed E-state index contributed by atoms with van der Waals surface area (Å²) in [5, 5.41) is 18.6. The summed E-state index contributed by atoms with van der Waals surface area (Å²) in [6.07, 6.45) is 4.80. The molecule has 0 heterocycles. The molecule has 0 radical (unpaired) electrons. The first-order valence-corrected chi connectivity index (χ1v) is 13.4. The molecule has 0 fully saturated rings. The first kappa shape index (κ1) is 32.4. The van der Waals surface area contributed by atoms with Crippen LogP contribution in [-0.2, 0) is 19.6 Å². The van der Waals surface area contributed by atoms with Crippen LogP contribution in [0, 0.1) is 6.92 Å². The Morgan fingerprint density at radius 2 is 1.35 bits per heavy atom. The maximum absolute atomic E-state index is 11.5. The highest BCUT2D eigenvalue weighted by molar-refractivity contribution is 7.85. The van der Waals surface area contributed by atoms with Gasteiger partial charge in [-0.2, -0.15) is 8.42 Å². The molecule has 0 aromatic heterocycles. The Morgan fingerprint density at radius 3 is 1.85 bits per heavy atom. The van der Waals surface area contributed by atoms with Crippen LogP contribution in [-0.4, -0.2) is 75.5 Å². The van der Waals surface area contributed by atoms with Crippen LogP contribution in [0.4, 0.5) is 0 Å².